The largest absolute Gasteiger partial charge is 0.373 e. The lowest BCUT2D eigenvalue weighted by Gasteiger charge is -2.35. The normalized spacial score (nSPS) is 18.2. The third kappa shape index (κ3) is 6.03. The van der Waals surface area contributed by atoms with Crippen molar-refractivity contribution in [3.63, 3.8) is 0 Å². The maximum absolute atomic E-state index is 9.50. The molecule has 2 unspecified atom stereocenters. The average molecular weight is 514 g/mol. The van der Waals surface area contributed by atoms with Crippen molar-refractivity contribution in [3.05, 3.63) is 69.6 Å². The molecule has 2 atom stereocenters. The molecule has 0 spiro atoms. The SMILES string of the molecule is CF.Cc1cc(Nc2cc(CN3CC(C)OC(C)C3)n3nc(C)c(Cc4ccc(Cl)cc4)c3n2)n[nH]1. The van der Waals surface area contributed by atoms with E-state index in [4.69, 9.17) is 26.4 Å². The number of halogens is 2. The van der Waals surface area contributed by atoms with Crippen LogP contribution in [-0.4, -0.2) is 62.2 Å². The molecule has 10 heteroatoms. The molecule has 192 valence electrons. The van der Waals surface area contributed by atoms with E-state index < -0.39 is 0 Å². The number of aromatic amines is 1. The highest BCUT2D eigenvalue weighted by molar-refractivity contribution is 6.30. The summed E-state index contributed by atoms with van der Waals surface area (Å²) < 4.78 is 17.4. The number of rotatable bonds is 6. The summed E-state index contributed by atoms with van der Waals surface area (Å²) in [5, 5.41) is 16.3. The summed E-state index contributed by atoms with van der Waals surface area (Å²) in [5.41, 5.74) is 6.17. The van der Waals surface area contributed by atoms with E-state index >= 15 is 0 Å². The molecule has 2 N–H and O–H groups in total. The lowest BCUT2D eigenvalue weighted by Crippen LogP contribution is -2.45. The molecule has 5 rings (SSSR count). The van der Waals surface area contributed by atoms with Crippen LogP contribution in [0.5, 0.6) is 0 Å². The fourth-order valence-electron chi connectivity index (χ4n) is 4.67. The maximum atomic E-state index is 9.50. The number of benzene rings is 1. The maximum Gasteiger partial charge on any atom is 0.161 e. The van der Waals surface area contributed by atoms with Crippen LogP contribution in [-0.2, 0) is 17.7 Å². The smallest absolute Gasteiger partial charge is 0.161 e. The lowest BCUT2D eigenvalue weighted by molar-refractivity contribution is -0.0709. The number of aromatic nitrogens is 5. The predicted octanol–water partition coefficient (Wildman–Crippen LogP) is 5.25. The zero-order valence-electron chi connectivity index (χ0n) is 21.3. The van der Waals surface area contributed by atoms with Crippen LogP contribution in [0.15, 0.2) is 36.4 Å². The Morgan fingerprint density at radius 3 is 2.42 bits per heavy atom. The summed E-state index contributed by atoms with van der Waals surface area (Å²) in [6.45, 7) is 10.8. The monoisotopic (exact) mass is 513 g/mol. The van der Waals surface area contributed by atoms with Crippen LogP contribution in [0.25, 0.3) is 5.65 Å². The number of nitrogens with zero attached hydrogens (tertiary/aromatic N) is 5. The molecule has 0 saturated carbocycles. The third-order valence-electron chi connectivity index (χ3n) is 6.10. The Labute approximate surface area is 215 Å². The van der Waals surface area contributed by atoms with E-state index in [0.29, 0.717) is 7.18 Å². The summed E-state index contributed by atoms with van der Waals surface area (Å²) >= 11 is 6.09. The predicted molar refractivity (Wildman–Crippen MR) is 141 cm³/mol. The highest BCUT2D eigenvalue weighted by Gasteiger charge is 2.24. The van der Waals surface area contributed by atoms with Crippen LogP contribution in [0.1, 0.15) is 42.1 Å². The van der Waals surface area contributed by atoms with Crippen molar-refractivity contribution in [1.29, 1.82) is 0 Å². The minimum atomic E-state index is 0.200. The number of fused-ring (bicyclic) bond motifs is 1. The Kier molecular flexibility index (Phi) is 8.23. The van der Waals surface area contributed by atoms with Gasteiger partial charge in [0.25, 0.3) is 0 Å². The Hall–Kier alpha value is -3.01. The summed E-state index contributed by atoms with van der Waals surface area (Å²) in [4.78, 5) is 7.39. The molecule has 3 aromatic heterocycles. The van der Waals surface area contributed by atoms with Crippen LogP contribution in [0.2, 0.25) is 5.02 Å². The van der Waals surface area contributed by atoms with E-state index in [1.807, 2.05) is 36.6 Å². The summed E-state index contributed by atoms with van der Waals surface area (Å²) in [5.74, 6) is 1.49. The Morgan fingerprint density at radius 2 is 1.78 bits per heavy atom. The first-order valence-electron chi connectivity index (χ1n) is 12.0. The van der Waals surface area contributed by atoms with Gasteiger partial charge in [0.05, 0.1) is 30.8 Å². The minimum absolute atomic E-state index is 0.200. The van der Waals surface area contributed by atoms with Gasteiger partial charge in [0, 0.05) is 54.5 Å². The van der Waals surface area contributed by atoms with Gasteiger partial charge in [-0.05, 0) is 45.4 Å². The van der Waals surface area contributed by atoms with Crippen molar-refractivity contribution in [2.24, 2.45) is 0 Å². The molecular weight excluding hydrogens is 481 g/mol. The van der Waals surface area contributed by atoms with Gasteiger partial charge >= 0.3 is 0 Å². The average Bonchev–Trinajstić information content (AvgIpc) is 3.38. The molecule has 4 aromatic rings. The number of hydrogen-bond acceptors (Lipinski definition) is 6. The zero-order chi connectivity index (χ0) is 25.8. The zero-order valence-corrected chi connectivity index (χ0v) is 22.1. The minimum Gasteiger partial charge on any atom is -0.373 e. The van der Waals surface area contributed by atoms with Crippen molar-refractivity contribution in [3.8, 4) is 0 Å². The lowest BCUT2D eigenvalue weighted by atomic mass is 10.1. The fourth-order valence-corrected chi connectivity index (χ4v) is 4.80. The standard InChI is InChI=1S/C25H30ClN7O.CH3F/c1-15-9-24(30-29-15)27-23-11-21(14-32-12-16(2)34-17(3)13-32)33-25(28-23)22(18(4)31-33)10-19-5-7-20(26)8-6-19;1-2/h5-9,11,16-17H,10,12-14H2,1-4H3,(H2,27,28,29,30);1H3. The van der Waals surface area contributed by atoms with Crippen LogP contribution in [0, 0.1) is 13.8 Å². The number of anilines is 2. The molecule has 0 amide bonds. The van der Waals surface area contributed by atoms with Crippen LogP contribution in [0.4, 0.5) is 16.0 Å². The second kappa shape index (κ2) is 11.4. The Bertz CT molecular complexity index is 1290. The van der Waals surface area contributed by atoms with Gasteiger partial charge in [-0.15, -0.1) is 0 Å². The van der Waals surface area contributed by atoms with Gasteiger partial charge in [-0.25, -0.2) is 9.50 Å². The van der Waals surface area contributed by atoms with Gasteiger partial charge in [0.2, 0.25) is 0 Å². The van der Waals surface area contributed by atoms with Crippen LogP contribution >= 0.6 is 11.6 Å². The molecule has 1 aromatic carbocycles. The number of alkyl halides is 1. The molecule has 1 fully saturated rings. The fraction of sp³-hybridized carbons (Fsp3) is 0.423. The molecule has 1 aliphatic heterocycles. The molecular formula is C26H33ClFN7O. The summed E-state index contributed by atoms with van der Waals surface area (Å²) in [7, 11) is 0.500. The number of nitrogens with one attached hydrogen (secondary N) is 2. The molecule has 0 radical (unpaired) electrons. The van der Waals surface area contributed by atoms with Crippen molar-refractivity contribution in [2.45, 2.75) is 52.9 Å². The quantitative estimate of drug-likeness (QED) is 0.366. The number of hydrogen-bond donors (Lipinski definition) is 2. The third-order valence-corrected chi connectivity index (χ3v) is 6.35. The van der Waals surface area contributed by atoms with Gasteiger partial charge in [-0.3, -0.25) is 14.4 Å². The summed E-state index contributed by atoms with van der Waals surface area (Å²) in [6, 6.07) is 12.0. The molecule has 1 aliphatic rings. The topological polar surface area (TPSA) is 83.4 Å². The molecule has 8 nitrogen and oxygen atoms in total. The van der Waals surface area contributed by atoms with Gasteiger partial charge in [0.1, 0.15) is 5.82 Å². The number of H-pyrrole nitrogens is 1. The number of ether oxygens (including phenoxy) is 1. The van der Waals surface area contributed by atoms with E-state index in [-0.39, 0.29) is 12.2 Å². The van der Waals surface area contributed by atoms with E-state index in [0.717, 1.165) is 71.0 Å². The Balaban J connectivity index is 0.00000148. The van der Waals surface area contributed by atoms with Crippen molar-refractivity contribution >= 4 is 28.9 Å². The first-order valence-corrected chi connectivity index (χ1v) is 12.4. The van der Waals surface area contributed by atoms with Gasteiger partial charge in [0.15, 0.2) is 11.5 Å². The van der Waals surface area contributed by atoms with Gasteiger partial charge < -0.3 is 10.1 Å². The molecule has 1 saturated heterocycles. The molecule has 0 bridgehead atoms. The first kappa shape index (κ1) is 26.1. The first-order chi connectivity index (χ1) is 17.3. The molecule has 36 heavy (non-hydrogen) atoms. The van der Waals surface area contributed by atoms with Crippen molar-refractivity contribution in [2.75, 3.05) is 25.6 Å². The van der Waals surface area contributed by atoms with Crippen LogP contribution in [0.3, 0.4) is 0 Å². The van der Waals surface area contributed by atoms with Gasteiger partial charge in [-0.2, -0.15) is 10.2 Å². The Morgan fingerprint density at radius 1 is 1.08 bits per heavy atom. The number of morpholine rings is 1. The van der Waals surface area contributed by atoms with Crippen molar-refractivity contribution < 1.29 is 9.13 Å². The molecule has 0 aliphatic carbocycles. The van der Waals surface area contributed by atoms with Crippen molar-refractivity contribution in [1.82, 2.24) is 29.7 Å². The second-order valence-corrected chi connectivity index (χ2v) is 9.68. The molecule has 4 heterocycles. The van der Waals surface area contributed by atoms with E-state index in [1.165, 1.54) is 5.56 Å². The highest BCUT2D eigenvalue weighted by atomic mass is 35.5. The van der Waals surface area contributed by atoms with E-state index in [9.17, 15) is 4.39 Å². The van der Waals surface area contributed by atoms with Gasteiger partial charge in [-0.1, -0.05) is 23.7 Å². The number of aryl methyl sites for hydroxylation is 2. The van der Waals surface area contributed by atoms with E-state index in [1.54, 1.807) is 0 Å². The summed E-state index contributed by atoms with van der Waals surface area (Å²) in [6.07, 6.45) is 1.13. The second-order valence-electron chi connectivity index (χ2n) is 9.25. The van der Waals surface area contributed by atoms with E-state index in [2.05, 4.69) is 52.5 Å². The van der Waals surface area contributed by atoms with Crippen LogP contribution < -0.4 is 5.32 Å². The highest BCUT2D eigenvalue weighted by Crippen LogP contribution is 2.25.